The highest BCUT2D eigenvalue weighted by Crippen LogP contribution is 2.24. The smallest absolute Gasteiger partial charge is 0.238 e. The maximum atomic E-state index is 12.2. The Labute approximate surface area is 157 Å². The lowest BCUT2D eigenvalue weighted by Crippen LogP contribution is -2.30. The Balaban J connectivity index is 1.64. The molecular weight excluding hydrogens is 346 g/mol. The van der Waals surface area contributed by atoms with Gasteiger partial charge in [-0.1, -0.05) is 54.1 Å². The zero-order valence-electron chi connectivity index (χ0n) is 14.3. The molecule has 0 spiro atoms. The van der Waals surface area contributed by atoms with E-state index in [1.807, 2.05) is 31.2 Å². The van der Waals surface area contributed by atoms with Crippen LogP contribution in [0.2, 0.25) is 5.02 Å². The Hall–Kier alpha value is -2.87. The molecule has 0 saturated heterocycles. The first-order valence-corrected chi connectivity index (χ1v) is 8.67. The number of halogens is 1. The number of hydrogen-bond donors (Lipinski definition) is 2. The van der Waals surface area contributed by atoms with Gasteiger partial charge >= 0.3 is 0 Å². The molecule has 0 aliphatic heterocycles. The van der Waals surface area contributed by atoms with Gasteiger partial charge in [-0.2, -0.15) is 5.26 Å². The van der Waals surface area contributed by atoms with Crippen LogP contribution >= 0.6 is 11.6 Å². The summed E-state index contributed by atoms with van der Waals surface area (Å²) in [6, 6.07) is 21.2. The van der Waals surface area contributed by atoms with Gasteiger partial charge in [-0.15, -0.1) is 0 Å². The third kappa shape index (κ3) is 4.02. The normalized spacial score (nSPS) is 11.7. The van der Waals surface area contributed by atoms with Crippen LogP contribution in [-0.4, -0.2) is 12.5 Å². The fraction of sp³-hybridized carbons (Fsp3) is 0.143. The number of benzene rings is 3. The van der Waals surface area contributed by atoms with Crippen molar-refractivity contribution in [3.05, 3.63) is 76.8 Å². The van der Waals surface area contributed by atoms with Crippen molar-refractivity contribution in [2.24, 2.45) is 0 Å². The van der Waals surface area contributed by atoms with Crippen molar-refractivity contribution in [3.8, 4) is 6.07 Å². The van der Waals surface area contributed by atoms with Crippen LogP contribution in [0.5, 0.6) is 0 Å². The zero-order chi connectivity index (χ0) is 18.5. The molecular formula is C21H18ClN3O. The quantitative estimate of drug-likeness (QED) is 0.693. The highest BCUT2D eigenvalue weighted by atomic mass is 35.5. The second-order valence-electron chi connectivity index (χ2n) is 6.03. The predicted octanol–water partition coefficient (Wildman–Crippen LogP) is 4.65. The summed E-state index contributed by atoms with van der Waals surface area (Å²) >= 11 is 5.99. The van der Waals surface area contributed by atoms with E-state index in [1.54, 1.807) is 18.2 Å². The Morgan fingerprint density at radius 3 is 2.69 bits per heavy atom. The number of amides is 1. The average molecular weight is 364 g/mol. The van der Waals surface area contributed by atoms with Gasteiger partial charge in [-0.05, 0) is 41.5 Å². The van der Waals surface area contributed by atoms with E-state index in [2.05, 4.69) is 34.9 Å². The number of rotatable bonds is 5. The van der Waals surface area contributed by atoms with E-state index >= 15 is 0 Å². The van der Waals surface area contributed by atoms with E-state index in [1.165, 1.54) is 10.8 Å². The molecule has 1 atom stereocenters. The Morgan fingerprint density at radius 2 is 1.92 bits per heavy atom. The second-order valence-corrected chi connectivity index (χ2v) is 6.43. The minimum Gasteiger partial charge on any atom is -0.325 e. The number of carbonyl (C=O) groups is 1. The lowest BCUT2D eigenvalue weighted by atomic mass is 10.00. The number of nitriles is 1. The van der Waals surface area contributed by atoms with Gasteiger partial charge in [-0.25, -0.2) is 0 Å². The van der Waals surface area contributed by atoms with Crippen LogP contribution in [-0.2, 0) is 4.79 Å². The summed E-state index contributed by atoms with van der Waals surface area (Å²) in [6.07, 6.45) is 0. The third-order valence-corrected chi connectivity index (χ3v) is 4.54. The molecule has 3 aromatic rings. The molecule has 0 bridgehead atoms. The number of anilines is 1. The zero-order valence-corrected chi connectivity index (χ0v) is 15.0. The number of nitrogens with zero attached hydrogens (tertiary/aromatic N) is 1. The fourth-order valence-electron chi connectivity index (χ4n) is 2.87. The molecule has 0 aromatic heterocycles. The van der Waals surface area contributed by atoms with Gasteiger partial charge in [0.15, 0.2) is 0 Å². The molecule has 0 aliphatic carbocycles. The summed E-state index contributed by atoms with van der Waals surface area (Å²) < 4.78 is 0. The van der Waals surface area contributed by atoms with Crippen LogP contribution < -0.4 is 10.6 Å². The molecule has 1 amide bonds. The van der Waals surface area contributed by atoms with Crippen LogP contribution in [0, 0.1) is 11.3 Å². The number of hydrogen-bond acceptors (Lipinski definition) is 3. The molecule has 2 N–H and O–H groups in total. The standard InChI is InChI=1S/C21H18ClN3O/c1-14(18-8-4-6-15-5-2-3-7-19(15)18)24-13-21(26)25-17-10-9-16(12-23)20(22)11-17/h2-11,14,24H,13H2,1H3,(H,25,26)/t14-/m1/s1. The van der Waals surface area contributed by atoms with Crippen LogP contribution in [0.1, 0.15) is 24.1 Å². The van der Waals surface area contributed by atoms with Gasteiger partial charge in [0.2, 0.25) is 5.91 Å². The molecule has 0 unspecified atom stereocenters. The molecule has 26 heavy (non-hydrogen) atoms. The number of nitrogens with one attached hydrogen (secondary N) is 2. The van der Waals surface area contributed by atoms with Gasteiger partial charge in [0.05, 0.1) is 17.1 Å². The molecule has 3 rings (SSSR count). The number of fused-ring (bicyclic) bond motifs is 1. The van der Waals surface area contributed by atoms with E-state index in [0.29, 0.717) is 16.3 Å². The SMILES string of the molecule is C[C@@H](NCC(=O)Nc1ccc(C#N)c(Cl)c1)c1cccc2ccccc12. The van der Waals surface area contributed by atoms with Crippen molar-refractivity contribution in [2.45, 2.75) is 13.0 Å². The lowest BCUT2D eigenvalue weighted by molar-refractivity contribution is -0.115. The average Bonchev–Trinajstić information content (AvgIpc) is 2.66. The molecule has 0 saturated carbocycles. The van der Waals surface area contributed by atoms with Crippen molar-refractivity contribution >= 4 is 34.0 Å². The van der Waals surface area contributed by atoms with E-state index in [-0.39, 0.29) is 18.5 Å². The molecule has 0 radical (unpaired) electrons. The van der Waals surface area contributed by atoms with Gasteiger partial charge in [0.1, 0.15) is 6.07 Å². The van der Waals surface area contributed by atoms with E-state index < -0.39 is 0 Å². The maximum absolute atomic E-state index is 12.2. The minimum atomic E-state index is -0.169. The lowest BCUT2D eigenvalue weighted by Gasteiger charge is -2.16. The van der Waals surface area contributed by atoms with E-state index in [4.69, 9.17) is 16.9 Å². The molecule has 0 aliphatic rings. The predicted molar refractivity (Wildman–Crippen MR) is 105 cm³/mol. The molecule has 3 aromatic carbocycles. The Kier molecular flexibility index (Phi) is 5.52. The van der Waals surface area contributed by atoms with Gasteiger partial charge < -0.3 is 10.6 Å². The highest BCUT2D eigenvalue weighted by molar-refractivity contribution is 6.32. The summed E-state index contributed by atoms with van der Waals surface area (Å²) in [6.45, 7) is 2.20. The van der Waals surface area contributed by atoms with Crippen LogP contribution in [0.15, 0.2) is 60.7 Å². The molecule has 4 nitrogen and oxygen atoms in total. The van der Waals surface area contributed by atoms with Crippen LogP contribution in [0.25, 0.3) is 10.8 Å². The van der Waals surface area contributed by atoms with Crippen molar-refractivity contribution in [1.82, 2.24) is 5.32 Å². The summed E-state index contributed by atoms with van der Waals surface area (Å²) in [5.41, 5.74) is 2.10. The van der Waals surface area contributed by atoms with Gasteiger partial charge in [0.25, 0.3) is 0 Å². The monoisotopic (exact) mass is 363 g/mol. The van der Waals surface area contributed by atoms with E-state index in [9.17, 15) is 4.79 Å². The number of carbonyl (C=O) groups excluding carboxylic acids is 1. The summed E-state index contributed by atoms with van der Waals surface area (Å²) in [5, 5.41) is 17.6. The topological polar surface area (TPSA) is 64.9 Å². The first-order chi connectivity index (χ1) is 12.6. The van der Waals surface area contributed by atoms with Crippen LogP contribution in [0.4, 0.5) is 5.69 Å². The van der Waals surface area contributed by atoms with Crippen molar-refractivity contribution in [2.75, 3.05) is 11.9 Å². The molecule has 0 fully saturated rings. The molecule has 130 valence electrons. The summed E-state index contributed by atoms with van der Waals surface area (Å²) in [7, 11) is 0. The summed E-state index contributed by atoms with van der Waals surface area (Å²) in [4.78, 5) is 12.2. The molecule has 0 heterocycles. The third-order valence-electron chi connectivity index (χ3n) is 4.23. The minimum absolute atomic E-state index is 0.0244. The Bertz CT molecular complexity index is 989. The van der Waals surface area contributed by atoms with Gasteiger partial charge in [-0.3, -0.25) is 4.79 Å². The van der Waals surface area contributed by atoms with E-state index in [0.717, 1.165) is 5.56 Å². The van der Waals surface area contributed by atoms with Crippen LogP contribution in [0.3, 0.4) is 0 Å². The van der Waals surface area contributed by atoms with Gasteiger partial charge in [0, 0.05) is 11.7 Å². The fourth-order valence-corrected chi connectivity index (χ4v) is 3.10. The van der Waals surface area contributed by atoms with Crippen molar-refractivity contribution in [1.29, 1.82) is 5.26 Å². The molecule has 5 heteroatoms. The second kappa shape index (κ2) is 8.01. The highest BCUT2D eigenvalue weighted by Gasteiger charge is 2.11. The largest absolute Gasteiger partial charge is 0.325 e. The van der Waals surface area contributed by atoms with Crippen molar-refractivity contribution < 1.29 is 4.79 Å². The Morgan fingerprint density at radius 1 is 1.15 bits per heavy atom. The first kappa shape index (κ1) is 17.9. The summed E-state index contributed by atoms with van der Waals surface area (Å²) in [5.74, 6) is -0.169. The maximum Gasteiger partial charge on any atom is 0.238 e. The first-order valence-electron chi connectivity index (χ1n) is 8.29. The van der Waals surface area contributed by atoms with Crippen molar-refractivity contribution in [3.63, 3.8) is 0 Å².